The van der Waals surface area contributed by atoms with Crippen molar-refractivity contribution in [2.24, 2.45) is 4.99 Å². The fourth-order valence-electron chi connectivity index (χ4n) is 2.54. The molecule has 1 aromatic heterocycles. The molecule has 0 unspecified atom stereocenters. The van der Waals surface area contributed by atoms with Crippen LogP contribution in [-0.4, -0.2) is 55.7 Å². The van der Waals surface area contributed by atoms with E-state index < -0.39 is 0 Å². The monoisotopic (exact) mass is 443 g/mol. The fourth-order valence-corrected chi connectivity index (χ4v) is 2.54. The van der Waals surface area contributed by atoms with Gasteiger partial charge in [0.15, 0.2) is 5.96 Å². The van der Waals surface area contributed by atoms with Gasteiger partial charge in [-0.25, -0.2) is 0 Å². The minimum Gasteiger partial charge on any atom is -0.356 e. The molecule has 6 heteroatoms. The molecule has 0 amide bonds. The third-order valence-electron chi connectivity index (χ3n) is 4.10. The van der Waals surface area contributed by atoms with E-state index in [1.807, 2.05) is 7.05 Å². The molecular weight excluding hydrogens is 413 g/mol. The van der Waals surface area contributed by atoms with Gasteiger partial charge in [-0.2, -0.15) is 0 Å². The van der Waals surface area contributed by atoms with E-state index in [0.29, 0.717) is 0 Å². The molecule has 2 N–H and O–H groups in total. The third-order valence-corrected chi connectivity index (χ3v) is 4.10. The quantitative estimate of drug-likeness (QED) is 0.286. The molecule has 0 saturated carbocycles. The highest BCUT2D eigenvalue weighted by molar-refractivity contribution is 14.0. The summed E-state index contributed by atoms with van der Waals surface area (Å²) in [6, 6.07) is 10.7. The van der Waals surface area contributed by atoms with Crippen molar-refractivity contribution in [3.05, 3.63) is 36.5 Å². The minimum absolute atomic E-state index is 0. The van der Waals surface area contributed by atoms with Crippen LogP contribution in [0.25, 0.3) is 10.9 Å². The summed E-state index contributed by atoms with van der Waals surface area (Å²) in [5.74, 6) is 0.881. The largest absolute Gasteiger partial charge is 0.356 e. The maximum atomic E-state index is 4.26. The van der Waals surface area contributed by atoms with E-state index in [1.165, 1.54) is 10.9 Å². The lowest BCUT2D eigenvalue weighted by Gasteiger charge is -2.16. The summed E-state index contributed by atoms with van der Waals surface area (Å²) in [6.45, 7) is 7.08. The van der Waals surface area contributed by atoms with E-state index in [2.05, 4.69) is 75.6 Å². The van der Waals surface area contributed by atoms with Gasteiger partial charge in [0.05, 0.1) is 0 Å². The number of aryl methyl sites for hydroxylation is 1. The Morgan fingerprint density at radius 2 is 1.92 bits per heavy atom. The zero-order valence-corrected chi connectivity index (χ0v) is 17.3. The number of hydrogen-bond acceptors (Lipinski definition) is 2. The number of nitrogens with zero attached hydrogens (tertiary/aromatic N) is 3. The van der Waals surface area contributed by atoms with Crippen LogP contribution in [0.5, 0.6) is 0 Å². The van der Waals surface area contributed by atoms with Crippen LogP contribution in [0.3, 0.4) is 0 Å². The highest BCUT2D eigenvalue weighted by atomic mass is 127. The summed E-state index contributed by atoms with van der Waals surface area (Å²) in [7, 11) is 3.94. The van der Waals surface area contributed by atoms with Gasteiger partial charge in [0.2, 0.25) is 0 Å². The predicted molar refractivity (Wildman–Crippen MR) is 115 cm³/mol. The number of rotatable bonds is 8. The molecule has 0 fully saturated rings. The second-order valence-electron chi connectivity index (χ2n) is 5.74. The number of para-hydroxylation sites is 1. The molecule has 2 rings (SSSR count). The van der Waals surface area contributed by atoms with Gasteiger partial charge in [0, 0.05) is 44.9 Å². The Bertz CT molecular complexity index is 623. The van der Waals surface area contributed by atoms with Crippen LogP contribution in [0.1, 0.15) is 13.3 Å². The molecule has 5 nitrogen and oxygen atoms in total. The van der Waals surface area contributed by atoms with E-state index in [1.54, 1.807) is 0 Å². The summed E-state index contributed by atoms with van der Waals surface area (Å²) in [4.78, 5) is 6.54. The molecule has 0 radical (unpaired) electrons. The van der Waals surface area contributed by atoms with Crippen molar-refractivity contribution in [2.75, 3.05) is 40.3 Å². The van der Waals surface area contributed by atoms with Gasteiger partial charge in [0.1, 0.15) is 0 Å². The van der Waals surface area contributed by atoms with Gasteiger partial charge in [-0.1, -0.05) is 25.1 Å². The summed E-state index contributed by atoms with van der Waals surface area (Å²) in [6.07, 6.45) is 3.23. The molecule has 0 bridgehead atoms. The molecular formula is C18H30IN5. The summed E-state index contributed by atoms with van der Waals surface area (Å²) in [5.41, 5.74) is 1.30. The first-order valence-corrected chi connectivity index (χ1v) is 8.41. The lowest BCUT2D eigenvalue weighted by Crippen LogP contribution is -2.41. The number of fused-ring (bicyclic) bond motifs is 1. The first kappa shape index (κ1) is 20.8. The zero-order valence-electron chi connectivity index (χ0n) is 15.0. The van der Waals surface area contributed by atoms with Gasteiger partial charge in [-0.15, -0.1) is 24.0 Å². The number of benzene rings is 1. The maximum Gasteiger partial charge on any atom is 0.191 e. The van der Waals surface area contributed by atoms with Crippen LogP contribution in [-0.2, 0) is 6.54 Å². The van der Waals surface area contributed by atoms with Gasteiger partial charge < -0.3 is 20.1 Å². The number of aromatic nitrogens is 1. The molecule has 0 atom stereocenters. The molecule has 0 aliphatic heterocycles. The van der Waals surface area contributed by atoms with Gasteiger partial charge in [-0.3, -0.25) is 4.99 Å². The summed E-state index contributed by atoms with van der Waals surface area (Å²) in [5, 5.41) is 8.03. The number of likely N-dealkylation sites (N-methyl/N-ethyl adjacent to an activating group) is 1. The smallest absolute Gasteiger partial charge is 0.191 e. The van der Waals surface area contributed by atoms with Crippen molar-refractivity contribution in [1.82, 2.24) is 20.1 Å². The molecule has 0 aliphatic rings. The van der Waals surface area contributed by atoms with E-state index in [0.717, 1.165) is 45.1 Å². The highest BCUT2D eigenvalue weighted by Gasteiger charge is 2.01. The van der Waals surface area contributed by atoms with Crippen molar-refractivity contribution in [1.29, 1.82) is 0 Å². The molecule has 1 aromatic carbocycles. The molecule has 24 heavy (non-hydrogen) atoms. The van der Waals surface area contributed by atoms with Gasteiger partial charge in [0.25, 0.3) is 0 Å². The average molecular weight is 443 g/mol. The van der Waals surface area contributed by atoms with Crippen LogP contribution >= 0.6 is 24.0 Å². The molecule has 2 aromatic rings. The van der Waals surface area contributed by atoms with Crippen LogP contribution < -0.4 is 10.6 Å². The van der Waals surface area contributed by atoms with E-state index in [9.17, 15) is 0 Å². The number of guanidine groups is 1. The number of hydrogen-bond donors (Lipinski definition) is 2. The number of aliphatic imine (C=N–C) groups is 1. The van der Waals surface area contributed by atoms with Crippen molar-refractivity contribution in [3.8, 4) is 0 Å². The Kier molecular flexibility index (Phi) is 9.78. The van der Waals surface area contributed by atoms with Crippen molar-refractivity contribution < 1.29 is 0 Å². The molecule has 1 heterocycles. The first-order chi connectivity index (χ1) is 11.2. The van der Waals surface area contributed by atoms with E-state index >= 15 is 0 Å². The van der Waals surface area contributed by atoms with Crippen molar-refractivity contribution in [2.45, 2.75) is 19.9 Å². The van der Waals surface area contributed by atoms with Crippen LogP contribution in [0.15, 0.2) is 41.5 Å². The molecule has 134 valence electrons. The van der Waals surface area contributed by atoms with Crippen LogP contribution in [0, 0.1) is 0 Å². The van der Waals surface area contributed by atoms with Crippen LogP contribution in [0.4, 0.5) is 0 Å². The third kappa shape index (κ3) is 6.32. The Balaban J connectivity index is 0.00000288. The lowest BCUT2D eigenvalue weighted by molar-refractivity contribution is 0.357. The SMILES string of the molecule is CCN(C)CCNC(=NC)NCCCn1ccc2ccccc21.I. The normalized spacial score (nSPS) is 11.6. The van der Waals surface area contributed by atoms with Crippen molar-refractivity contribution in [3.63, 3.8) is 0 Å². The Morgan fingerprint density at radius 1 is 1.17 bits per heavy atom. The number of nitrogens with one attached hydrogen (secondary N) is 2. The Morgan fingerprint density at radius 3 is 2.67 bits per heavy atom. The zero-order chi connectivity index (χ0) is 16.5. The second-order valence-corrected chi connectivity index (χ2v) is 5.74. The molecule has 0 spiro atoms. The Labute approximate surface area is 162 Å². The summed E-state index contributed by atoms with van der Waals surface area (Å²) >= 11 is 0. The topological polar surface area (TPSA) is 44.6 Å². The van der Waals surface area contributed by atoms with Gasteiger partial charge in [-0.05, 0) is 37.5 Å². The van der Waals surface area contributed by atoms with Gasteiger partial charge >= 0.3 is 0 Å². The minimum atomic E-state index is 0. The fraction of sp³-hybridized carbons (Fsp3) is 0.500. The standard InChI is InChI=1S/C18H29N5.HI/c1-4-22(3)15-12-21-18(19-2)20-11-7-13-23-14-10-16-8-5-6-9-17(16)23;/h5-6,8-10,14H,4,7,11-13,15H2,1-3H3,(H2,19,20,21);1H. The van der Waals surface area contributed by atoms with E-state index in [-0.39, 0.29) is 24.0 Å². The van der Waals surface area contributed by atoms with E-state index in [4.69, 9.17) is 0 Å². The van der Waals surface area contributed by atoms with Crippen LogP contribution in [0.2, 0.25) is 0 Å². The molecule has 0 aliphatic carbocycles. The second kappa shape index (κ2) is 11.3. The number of halogens is 1. The summed E-state index contributed by atoms with van der Waals surface area (Å²) < 4.78 is 2.31. The molecule has 0 saturated heterocycles. The Hall–Kier alpha value is -1.28. The lowest BCUT2D eigenvalue weighted by atomic mass is 10.2. The highest BCUT2D eigenvalue weighted by Crippen LogP contribution is 2.15. The average Bonchev–Trinajstić information content (AvgIpc) is 3.00. The predicted octanol–water partition coefficient (Wildman–Crippen LogP) is 2.77. The van der Waals surface area contributed by atoms with Crippen molar-refractivity contribution >= 4 is 40.8 Å². The maximum absolute atomic E-state index is 4.26. The first-order valence-electron chi connectivity index (χ1n) is 8.41.